The number of alkyl carbamates (subject to hydrolysis) is 1. The fourth-order valence-electron chi connectivity index (χ4n) is 5.11. The van der Waals surface area contributed by atoms with E-state index < -0.39 is 18.1 Å². The number of aliphatic carboxylic acids is 1. The lowest BCUT2D eigenvalue weighted by Crippen LogP contribution is -2.50. The van der Waals surface area contributed by atoms with E-state index in [1.165, 1.54) is 0 Å². The fraction of sp³-hybridized carbons (Fsp3) is 0.444. The average molecular weight is 465 g/mol. The molecule has 0 bridgehead atoms. The molecule has 4 rings (SSSR count). The van der Waals surface area contributed by atoms with E-state index in [4.69, 9.17) is 9.84 Å². The van der Waals surface area contributed by atoms with Gasteiger partial charge in [-0.2, -0.15) is 0 Å². The molecule has 2 amide bonds. The van der Waals surface area contributed by atoms with E-state index >= 15 is 0 Å². The molecule has 2 aliphatic carbocycles. The molecule has 0 spiro atoms. The van der Waals surface area contributed by atoms with Crippen LogP contribution in [0.3, 0.4) is 0 Å². The summed E-state index contributed by atoms with van der Waals surface area (Å²) in [5.74, 6) is -1.14. The zero-order chi connectivity index (χ0) is 24.5. The third-order valence-corrected chi connectivity index (χ3v) is 7.16. The van der Waals surface area contributed by atoms with E-state index in [-0.39, 0.29) is 42.7 Å². The van der Waals surface area contributed by atoms with E-state index in [1.807, 2.05) is 43.3 Å². The van der Waals surface area contributed by atoms with Gasteiger partial charge in [0.05, 0.1) is 0 Å². The molecule has 1 saturated carbocycles. The van der Waals surface area contributed by atoms with Crippen LogP contribution in [0.15, 0.2) is 48.5 Å². The first kappa shape index (κ1) is 23.8. The minimum Gasteiger partial charge on any atom is -0.481 e. The maximum atomic E-state index is 12.9. The Kier molecular flexibility index (Phi) is 6.64. The van der Waals surface area contributed by atoms with Gasteiger partial charge in [0.15, 0.2) is 0 Å². The van der Waals surface area contributed by atoms with Gasteiger partial charge >= 0.3 is 12.1 Å². The smallest absolute Gasteiger partial charge is 0.407 e. The molecule has 2 aromatic carbocycles. The highest BCUT2D eigenvalue weighted by molar-refractivity contribution is 5.86. The Bertz CT molecular complexity index is 1050. The molecule has 1 fully saturated rings. The van der Waals surface area contributed by atoms with Gasteiger partial charge in [-0.15, -0.1) is 0 Å². The van der Waals surface area contributed by atoms with Crippen LogP contribution in [0.1, 0.15) is 57.1 Å². The minimum absolute atomic E-state index is 0.00780. The molecule has 7 nitrogen and oxygen atoms in total. The van der Waals surface area contributed by atoms with Crippen LogP contribution in [0.2, 0.25) is 0 Å². The molecule has 0 heterocycles. The summed E-state index contributed by atoms with van der Waals surface area (Å²) < 4.78 is 5.55. The van der Waals surface area contributed by atoms with Gasteiger partial charge in [0.25, 0.3) is 0 Å². The summed E-state index contributed by atoms with van der Waals surface area (Å²) in [5, 5.41) is 14.6. The Labute approximate surface area is 199 Å². The maximum Gasteiger partial charge on any atom is 0.407 e. The van der Waals surface area contributed by atoms with Crippen molar-refractivity contribution in [2.24, 2.45) is 11.3 Å². The van der Waals surface area contributed by atoms with E-state index in [2.05, 4.69) is 36.6 Å². The highest BCUT2D eigenvalue weighted by Crippen LogP contribution is 2.53. The Morgan fingerprint density at radius 3 is 2.12 bits per heavy atom. The van der Waals surface area contributed by atoms with Crippen molar-refractivity contribution in [3.63, 3.8) is 0 Å². The van der Waals surface area contributed by atoms with Gasteiger partial charge in [-0.1, -0.05) is 62.4 Å². The van der Waals surface area contributed by atoms with Crippen molar-refractivity contribution in [3.05, 3.63) is 59.7 Å². The summed E-state index contributed by atoms with van der Waals surface area (Å²) in [4.78, 5) is 36.6. The normalized spacial score (nSPS) is 19.3. The van der Waals surface area contributed by atoms with Crippen LogP contribution in [0.5, 0.6) is 0 Å². The number of hydrogen-bond donors (Lipinski definition) is 3. The summed E-state index contributed by atoms with van der Waals surface area (Å²) in [6, 6.07) is 15.1. The Morgan fingerprint density at radius 2 is 1.59 bits per heavy atom. The van der Waals surface area contributed by atoms with Crippen molar-refractivity contribution in [2.75, 3.05) is 6.61 Å². The predicted molar refractivity (Wildman–Crippen MR) is 128 cm³/mol. The topological polar surface area (TPSA) is 105 Å². The number of rotatable bonds is 9. The van der Waals surface area contributed by atoms with Crippen LogP contribution in [0.4, 0.5) is 4.79 Å². The number of amides is 2. The van der Waals surface area contributed by atoms with Crippen LogP contribution >= 0.6 is 0 Å². The number of benzene rings is 2. The van der Waals surface area contributed by atoms with Crippen molar-refractivity contribution >= 4 is 18.0 Å². The quantitative estimate of drug-likeness (QED) is 0.513. The average Bonchev–Trinajstić information content (AvgIpc) is 3.33. The predicted octanol–water partition coefficient (Wildman–Crippen LogP) is 4.31. The number of nitrogens with one attached hydrogen (secondary N) is 2. The second-order valence-corrected chi connectivity index (χ2v) is 10.1. The van der Waals surface area contributed by atoms with Crippen LogP contribution < -0.4 is 10.6 Å². The molecule has 34 heavy (non-hydrogen) atoms. The number of carbonyl (C=O) groups is 3. The molecule has 0 aliphatic heterocycles. The van der Waals surface area contributed by atoms with Crippen molar-refractivity contribution in [1.29, 1.82) is 0 Å². The molecule has 180 valence electrons. The second kappa shape index (κ2) is 9.49. The lowest BCUT2D eigenvalue weighted by atomic mass is 9.98. The second-order valence-electron chi connectivity index (χ2n) is 10.1. The number of carbonyl (C=O) groups excluding carboxylic acids is 2. The minimum atomic E-state index is -1.02. The first-order valence-corrected chi connectivity index (χ1v) is 11.8. The van der Waals surface area contributed by atoms with Gasteiger partial charge in [-0.05, 0) is 53.4 Å². The highest BCUT2D eigenvalue weighted by Gasteiger charge is 2.49. The van der Waals surface area contributed by atoms with Gasteiger partial charge in [0.1, 0.15) is 12.6 Å². The SMILES string of the molecule is CC(NC(=O)C(CCC(=O)O)NC(=O)OCC1c2ccccc2-c2ccccc21)C1CC1(C)C. The summed E-state index contributed by atoms with van der Waals surface area (Å²) in [5.41, 5.74) is 4.63. The van der Waals surface area contributed by atoms with Gasteiger partial charge in [0, 0.05) is 18.4 Å². The zero-order valence-corrected chi connectivity index (χ0v) is 19.8. The van der Waals surface area contributed by atoms with Crippen LogP contribution in [0, 0.1) is 11.3 Å². The van der Waals surface area contributed by atoms with Gasteiger partial charge in [0.2, 0.25) is 5.91 Å². The molecule has 2 aliphatic rings. The highest BCUT2D eigenvalue weighted by atomic mass is 16.5. The number of carboxylic acids is 1. The fourth-order valence-corrected chi connectivity index (χ4v) is 5.11. The van der Waals surface area contributed by atoms with Crippen molar-refractivity contribution in [2.45, 2.75) is 58.0 Å². The number of fused-ring (bicyclic) bond motifs is 3. The van der Waals surface area contributed by atoms with Crippen molar-refractivity contribution in [1.82, 2.24) is 10.6 Å². The van der Waals surface area contributed by atoms with E-state index in [1.54, 1.807) is 0 Å². The Balaban J connectivity index is 1.39. The molecule has 2 aromatic rings. The third-order valence-electron chi connectivity index (χ3n) is 7.16. The standard InChI is InChI=1S/C27H32N2O5/c1-16(22-14-27(22,2)3)28-25(32)23(12-13-24(30)31)29-26(33)34-15-21-19-10-6-4-8-17(19)18-9-5-7-11-20(18)21/h4-11,16,21-23H,12-15H2,1-3H3,(H,28,32)(H,29,33)(H,30,31). The first-order valence-electron chi connectivity index (χ1n) is 11.8. The molecule has 0 aromatic heterocycles. The van der Waals surface area contributed by atoms with Gasteiger partial charge in [-0.25, -0.2) is 4.79 Å². The van der Waals surface area contributed by atoms with Gasteiger partial charge in [-0.3, -0.25) is 9.59 Å². The van der Waals surface area contributed by atoms with Crippen LogP contribution in [0.25, 0.3) is 11.1 Å². The largest absolute Gasteiger partial charge is 0.481 e. The lowest BCUT2D eigenvalue weighted by molar-refractivity contribution is -0.137. The maximum absolute atomic E-state index is 12.9. The molecule has 0 saturated heterocycles. The van der Waals surface area contributed by atoms with Crippen LogP contribution in [-0.4, -0.2) is 41.8 Å². The summed E-state index contributed by atoms with van der Waals surface area (Å²) in [6.07, 6.45) is 0.0532. The zero-order valence-electron chi connectivity index (χ0n) is 19.8. The van der Waals surface area contributed by atoms with Crippen molar-refractivity contribution < 1.29 is 24.2 Å². The van der Waals surface area contributed by atoms with E-state index in [0.717, 1.165) is 28.7 Å². The van der Waals surface area contributed by atoms with E-state index in [9.17, 15) is 14.4 Å². The summed E-state index contributed by atoms with van der Waals surface area (Å²) >= 11 is 0. The monoisotopic (exact) mass is 464 g/mol. The molecular weight excluding hydrogens is 432 g/mol. The molecule has 7 heteroatoms. The van der Waals surface area contributed by atoms with Gasteiger partial charge < -0.3 is 20.5 Å². The summed E-state index contributed by atoms with van der Waals surface area (Å²) in [6.45, 7) is 6.37. The number of hydrogen-bond acceptors (Lipinski definition) is 4. The van der Waals surface area contributed by atoms with E-state index in [0.29, 0.717) is 5.92 Å². The van der Waals surface area contributed by atoms with Crippen molar-refractivity contribution in [3.8, 4) is 11.1 Å². The number of ether oxygens (including phenoxy) is 1. The molecule has 3 atom stereocenters. The molecule has 0 radical (unpaired) electrons. The third kappa shape index (κ3) is 5.08. The Morgan fingerprint density at radius 1 is 1.03 bits per heavy atom. The summed E-state index contributed by atoms with van der Waals surface area (Å²) in [7, 11) is 0. The Hall–Kier alpha value is -3.35. The first-order chi connectivity index (χ1) is 16.2. The number of carboxylic acid groups (broad SMARTS) is 1. The van der Waals surface area contributed by atoms with Crippen LogP contribution in [-0.2, 0) is 14.3 Å². The molecule has 3 N–H and O–H groups in total. The molecule has 3 unspecified atom stereocenters. The lowest BCUT2D eigenvalue weighted by Gasteiger charge is -2.22. The molecular formula is C27H32N2O5.